The molecule has 0 saturated carbocycles. The van der Waals surface area contributed by atoms with E-state index in [0.717, 1.165) is 11.1 Å². The van der Waals surface area contributed by atoms with Gasteiger partial charge in [0.15, 0.2) is 0 Å². The molecule has 0 N–H and O–H groups in total. The van der Waals surface area contributed by atoms with Crippen molar-refractivity contribution in [3.8, 4) is 22.3 Å². The van der Waals surface area contributed by atoms with Crippen molar-refractivity contribution < 1.29 is 17.1 Å². The fraction of sp³-hybridized carbons (Fsp3) is 0.391. The molecule has 0 amide bonds. The average Bonchev–Trinajstić information content (AvgIpc) is 3.66. The molecule has 0 radical (unpaired) electrons. The Morgan fingerprint density at radius 3 is 1.17 bits per heavy atom. The van der Waals surface area contributed by atoms with Crippen LogP contribution in [0.15, 0.2) is 60.7 Å². The second kappa shape index (κ2) is 12.3. The Hall–Kier alpha value is -2.55. The van der Waals surface area contributed by atoms with Crippen molar-refractivity contribution in [1.29, 1.82) is 0 Å². The maximum absolute atomic E-state index is 4.05. The van der Waals surface area contributed by atoms with Gasteiger partial charge in [-0.3, -0.25) is 0 Å². The number of aryl methyl sites for hydroxylation is 4. The van der Waals surface area contributed by atoms with E-state index < -0.39 is 22.6 Å². The minimum atomic E-state index is -4.05. The fourth-order valence-electron chi connectivity index (χ4n) is 10.9. The number of rotatable bonds is 6. The SMILES string of the molecule is Cc1cc(C)c(C)c(-c2cccc3c2C=C[CH]3[Hf]([CH3])([CH3])([CH]2C=Cc3c(-c4c(C)c(C)cc(C)c4C)cccc32)=[Si](C(C)C)C(C)C)c1C. The molecule has 6 rings (SSSR count). The van der Waals surface area contributed by atoms with Crippen molar-refractivity contribution in [2.75, 3.05) is 0 Å². The van der Waals surface area contributed by atoms with Gasteiger partial charge in [0.05, 0.1) is 0 Å². The summed E-state index contributed by atoms with van der Waals surface area (Å²) < 4.78 is 6.88. The quantitative estimate of drug-likeness (QED) is 0.170. The van der Waals surface area contributed by atoms with E-state index in [4.69, 9.17) is 0 Å². The van der Waals surface area contributed by atoms with E-state index in [-0.39, 0.29) is 0 Å². The van der Waals surface area contributed by atoms with E-state index in [1.54, 1.807) is 11.1 Å². The second-order valence-electron chi connectivity index (χ2n) is 16.9. The average molecular weight is 818 g/mol. The molecule has 0 saturated heterocycles. The third kappa shape index (κ3) is 5.14. The summed E-state index contributed by atoms with van der Waals surface area (Å²) >= 11 is -4.05. The van der Waals surface area contributed by atoms with Gasteiger partial charge in [-0.15, -0.1) is 0 Å². The first kappa shape index (κ1) is 35.3. The van der Waals surface area contributed by atoms with E-state index in [2.05, 4.69) is 165 Å². The predicted octanol–water partition coefficient (Wildman–Crippen LogP) is 13.9. The van der Waals surface area contributed by atoms with E-state index >= 15 is 0 Å². The summed E-state index contributed by atoms with van der Waals surface area (Å²) in [5.74, 6) is 0. The number of hydrogen-bond donors (Lipinski definition) is 0. The van der Waals surface area contributed by atoms with Gasteiger partial charge < -0.3 is 0 Å². The summed E-state index contributed by atoms with van der Waals surface area (Å²) in [4.78, 5) is 0. The normalized spacial score (nSPS) is 17.1. The van der Waals surface area contributed by atoms with Crippen molar-refractivity contribution >= 4 is 17.6 Å². The van der Waals surface area contributed by atoms with Gasteiger partial charge >= 0.3 is 295 Å². The molecule has 0 aliphatic heterocycles. The van der Waals surface area contributed by atoms with Crippen LogP contribution >= 0.6 is 0 Å². The molecule has 250 valence electrons. The van der Waals surface area contributed by atoms with E-state index in [1.165, 1.54) is 77.9 Å². The molecule has 4 aromatic rings. The molecule has 0 nitrogen and oxygen atoms in total. The first-order valence-corrected chi connectivity index (χ1v) is 36.7. The van der Waals surface area contributed by atoms with Crippen molar-refractivity contribution in [2.45, 2.75) is 111 Å². The molecule has 4 aromatic carbocycles. The van der Waals surface area contributed by atoms with Crippen molar-refractivity contribution in [3.05, 3.63) is 127 Å². The van der Waals surface area contributed by atoms with Crippen LogP contribution < -0.4 is 0 Å². The molecule has 0 bridgehead atoms. The van der Waals surface area contributed by atoms with E-state index in [9.17, 15) is 0 Å². The van der Waals surface area contributed by atoms with Gasteiger partial charge in [-0.05, 0) is 0 Å². The van der Waals surface area contributed by atoms with E-state index in [1.807, 2.05) is 0 Å². The molecule has 2 atom stereocenters. The molecule has 2 heteroatoms. The summed E-state index contributed by atoms with van der Waals surface area (Å²) in [5, 5.41) is 0. The maximum atomic E-state index is 2.92. The van der Waals surface area contributed by atoms with Crippen LogP contribution in [-0.4, -0.2) is 5.49 Å². The van der Waals surface area contributed by atoms with Crippen LogP contribution in [0.25, 0.3) is 34.4 Å². The van der Waals surface area contributed by atoms with Gasteiger partial charge in [0.2, 0.25) is 0 Å². The van der Waals surface area contributed by atoms with Gasteiger partial charge in [0, 0.05) is 0 Å². The monoisotopic (exact) mass is 818 g/mol. The van der Waals surface area contributed by atoms with Crippen LogP contribution in [-0.2, 0) is 17.1 Å². The van der Waals surface area contributed by atoms with Crippen LogP contribution in [0.4, 0.5) is 0 Å². The van der Waals surface area contributed by atoms with Crippen LogP contribution in [0.2, 0.25) is 20.4 Å². The van der Waals surface area contributed by atoms with Crippen molar-refractivity contribution in [3.63, 3.8) is 0 Å². The summed E-state index contributed by atoms with van der Waals surface area (Å²) in [7, 11) is 0. The third-order valence-corrected chi connectivity index (χ3v) is 72.0. The Balaban J connectivity index is 1.64. The Morgan fingerprint density at radius 1 is 0.521 bits per heavy atom. The number of hydrogen-bond acceptors (Lipinski definition) is 0. The number of benzene rings is 4. The van der Waals surface area contributed by atoms with Gasteiger partial charge in [-0.2, -0.15) is 0 Å². The Bertz CT molecular complexity index is 1930. The molecule has 2 aliphatic carbocycles. The van der Waals surface area contributed by atoms with Gasteiger partial charge in [-0.25, -0.2) is 0 Å². The van der Waals surface area contributed by atoms with Crippen LogP contribution in [0, 0.1) is 55.4 Å². The first-order chi connectivity index (χ1) is 22.5. The van der Waals surface area contributed by atoms with Gasteiger partial charge in [0.1, 0.15) is 0 Å². The summed E-state index contributed by atoms with van der Waals surface area (Å²) in [6.07, 6.45) is 10.5. The van der Waals surface area contributed by atoms with Crippen LogP contribution in [0.3, 0.4) is 0 Å². The Morgan fingerprint density at radius 2 is 0.854 bits per heavy atom. The molecule has 0 fully saturated rings. The molecule has 0 heterocycles. The van der Waals surface area contributed by atoms with Crippen molar-refractivity contribution in [1.82, 2.24) is 0 Å². The Labute approximate surface area is 293 Å². The second-order valence-corrected chi connectivity index (χ2v) is 62.5. The molecule has 0 aromatic heterocycles. The molecule has 48 heavy (non-hydrogen) atoms. The zero-order valence-corrected chi connectivity index (χ0v) is 36.8. The van der Waals surface area contributed by atoms with Gasteiger partial charge in [0.25, 0.3) is 0 Å². The molecule has 0 spiro atoms. The standard InChI is InChI=1S/2C19H19.C6H14Si.2CH3.Hf/c2*1-12-11-13(2)15(4)19(14(12)3)18-10-6-8-16-7-5-9-17(16)18;1-5(2)7-6(3)4;;;/h2*5-11H,1-4H3;5-6H,1-4H3;2*1H3;. The molecular formula is C46H58HfSi. The number of fused-ring (bicyclic) bond motifs is 2. The third-order valence-electron chi connectivity index (χ3n) is 13.2. The minimum absolute atomic E-state index is 0.524. The number of allylic oxidation sites excluding steroid dienone is 2. The zero-order valence-electron chi connectivity index (χ0n) is 32.2. The topological polar surface area (TPSA) is 0 Å². The molecular weight excluding hydrogens is 759 g/mol. The summed E-state index contributed by atoms with van der Waals surface area (Å²) in [5.41, 5.74) is 23.9. The van der Waals surface area contributed by atoms with E-state index in [0.29, 0.717) is 7.35 Å². The molecule has 2 aliphatic rings. The zero-order chi connectivity index (χ0) is 35.1. The Kier molecular flexibility index (Phi) is 9.07. The van der Waals surface area contributed by atoms with Crippen LogP contribution in [0.5, 0.6) is 0 Å². The summed E-state index contributed by atoms with van der Waals surface area (Å²) in [6.45, 7) is 28.7. The summed E-state index contributed by atoms with van der Waals surface area (Å²) in [6, 6.07) is 19.3. The molecule has 2 unspecified atom stereocenters. The predicted molar refractivity (Wildman–Crippen MR) is 213 cm³/mol. The van der Waals surface area contributed by atoms with Crippen LogP contribution in [0.1, 0.15) is 102 Å². The van der Waals surface area contributed by atoms with Crippen molar-refractivity contribution in [2.24, 2.45) is 0 Å². The first-order valence-electron chi connectivity index (χ1n) is 18.3. The fourth-order valence-corrected chi connectivity index (χ4v) is 82.8. The van der Waals surface area contributed by atoms with Gasteiger partial charge in [-0.1, -0.05) is 0 Å².